The molecule has 3 N–H and O–H groups in total. The molecule has 0 bridgehead atoms. The van der Waals surface area contributed by atoms with E-state index in [1.165, 1.54) is 0 Å². The first kappa shape index (κ1) is 31.4. The van der Waals surface area contributed by atoms with Crippen molar-refractivity contribution in [2.45, 2.75) is 49.8 Å². The Morgan fingerprint density at radius 2 is 1.46 bits per heavy atom. The second kappa shape index (κ2) is 15.6. The number of ether oxygens (including phenoxy) is 2. The minimum absolute atomic E-state index is 0.000869. The summed E-state index contributed by atoms with van der Waals surface area (Å²) in [6, 6.07) is 35.6. The number of aromatic nitrogens is 2. The highest BCUT2D eigenvalue weighted by atomic mass is 32.2. The first-order valence-electron chi connectivity index (χ1n) is 15.3. The third-order valence-electron chi connectivity index (χ3n) is 7.80. The fourth-order valence-electron chi connectivity index (χ4n) is 5.34. The smallest absolute Gasteiger partial charge is 0.315 e. The molecule has 1 aliphatic heterocycles. The topological polar surface area (TPSA) is 106 Å². The van der Waals surface area contributed by atoms with E-state index in [-0.39, 0.29) is 24.8 Å². The highest BCUT2D eigenvalue weighted by Crippen LogP contribution is 2.39. The summed E-state index contributed by atoms with van der Waals surface area (Å²) < 4.78 is 13.0. The molecule has 3 atom stereocenters. The maximum atomic E-state index is 12.5. The van der Waals surface area contributed by atoms with Crippen LogP contribution in [0.15, 0.2) is 127 Å². The number of amides is 2. The lowest BCUT2D eigenvalue weighted by Gasteiger charge is -2.36. The number of thioether (sulfide) groups is 1. The van der Waals surface area contributed by atoms with Crippen molar-refractivity contribution in [2.75, 3.05) is 5.75 Å². The molecule has 0 radical (unpaired) electrons. The van der Waals surface area contributed by atoms with Crippen LogP contribution in [-0.4, -0.2) is 33.0 Å². The molecular weight excluding hydrogens is 596 g/mol. The number of rotatable bonds is 11. The van der Waals surface area contributed by atoms with Crippen LogP contribution in [-0.2, 0) is 29.2 Å². The van der Waals surface area contributed by atoms with Crippen LogP contribution in [0.3, 0.4) is 0 Å². The molecule has 6 rings (SSSR count). The first-order chi connectivity index (χ1) is 22.6. The Balaban J connectivity index is 1.14. The lowest BCUT2D eigenvalue weighted by molar-refractivity contribution is -0.245. The van der Waals surface area contributed by atoms with Gasteiger partial charge in [-0.25, -0.2) is 14.8 Å². The molecule has 46 heavy (non-hydrogen) atoms. The van der Waals surface area contributed by atoms with Crippen LogP contribution in [0.5, 0.6) is 0 Å². The monoisotopic (exact) mass is 632 g/mol. The van der Waals surface area contributed by atoms with Crippen molar-refractivity contribution < 1.29 is 19.4 Å². The summed E-state index contributed by atoms with van der Waals surface area (Å²) in [5, 5.41) is 16.1. The molecule has 234 valence electrons. The summed E-state index contributed by atoms with van der Waals surface area (Å²) in [7, 11) is 0. The average Bonchev–Trinajstić information content (AvgIpc) is 3.13. The molecule has 9 heteroatoms. The second-order valence-corrected chi connectivity index (χ2v) is 12.0. The Morgan fingerprint density at radius 3 is 2.22 bits per heavy atom. The van der Waals surface area contributed by atoms with Crippen LogP contribution >= 0.6 is 11.8 Å². The predicted octanol–water partition coefficient (Wildman–Crippen LogP) is 6.97. The minimum atomic E-state index is -0.558. The Labute approximate surface area is 273 Å². The Kier molecular flexibility index (Phi) is 10.7. The normalized spacial score (nSPS) is 17.7. The van der Waals surface area contributed by atoms with E-state index in [1.807, 2.05) is 84.9 Å². The molecular formula is C37H36N4O4S. The summed E-state index contributed by atoms with van der Waals surface area (Å²) in [5.74, 6) is 0.687. The first-order valence-corrected chi connectivity index (χ1v) is 16.3. The van der Waals surface area contributed by atoms with Crippen LogP contribution in [0, 0.1) is 0 Å². The van der Waals surface area contributed by atoms with Gasteiger partial charge in [-0.1, -0.05) is 115 Å². The highest BCUT2D eigenvalue weighted by molar-refractivity contribution is 7.99. The van der Waals surface area contributed by atoms with Crippen LogP contribution < -0.4 is 10.6 Å². The lowest BCUT2D eigenvalue weighted by atomic mass is 9.98. The number of carbonyl (C=O) groups is 1. The summed E-state index contributed by atoms with van der Waals surface area (Å²) >= 11 is 1.57. The highest BCUT2D eigenvalue weighted by Gasteiger charge is 2.32. The van der Waals surface area contributed by atoms with Crippen LogP contribution in [0.25, 0.3) is 11.1 Å². The van der Waals surface area contributed by atoms with Crippen molar-refractivity contribution in [3.63, 3.8) is 0 Å². The van der Waals surface area contributed by atoms with Crippen molar-refractivity contribution in [1.82, 2.24) is 20.6 Å². The molecule has 3 unspecified atom stereocenters. The number of urea groups is 1. The lowest BCUT2D eigenvalue weighted by Crippen LogP contribution is -2.34. The van der Waals surface area contributed by atoms with Gasteiger partial charge in [0.05, 0.1) is 18.8 Å². The fourth-order valence-corrected chi connectivity index (χ4v) is 6.16. The van der Waals surface area contributed by atoms with E-state index >= 15 is 0 Å². The number of aliphatic hydroxyl groups excluding tert-OH is 1. The van der Waals surface area contributed by atoms with E-state index in [9.17, 15) is 9.90 Å². The third-order valence-corrected chi connectivity index (χ3v) is 8.81. The summed E-state index contributed by atoms with van der Waals surface area (Å²) in [6.07, 6.45) is 3.35. The zero-order chi connectivity index (χ0) is 31.6. The molecule has 1 aliphatic rings. The van der Waals surface area contributed by atoms with Crippen molar-refractivity contribution in [3.8, 4) is 11.1 Å². The van der Waals surface area contributed by atoms with Gasteiger partial charge < -0.3 is 25.2 Å². The standard InChI is InChI=1S/C37H36N4O4S/c42-24-27-11-13-29(14-12-27)34-21-32(25-46-37-38-19-6-20-39-37)44-35(45-34)30-17-15-28(16-18-30)33-10-5-4-9-31(33)23-41-36(43)40-22-26-7-2-1-3-8-26/h1-20,32,34-35,42H,21-25H2,(H2,40,41,43). The van der Waals surface area contributed by atoms with Crippen molar-refractivity contribution in [3.05, 3.63) is 149 Å². The molecule has 1 aromatic heterocycles. The second-order valence-electron chi connectivity index (χ2n) is 11.0. The number of hydrogen-bond acceptors (Lipinski definition) is 7. The van der Waals surface area contributed by atoms with Gasteiger partial charge >= 0.3 is 6.03 Å². The van der Waals surface area contributed by atoms with Gasteiger partial charge in [-0.15, -0.1) is 0 Å². The molecule has 1 fully saturated rings. The summed E-state index contributed by atoms with van der Waals surface area (Å²) in [6.45, 7) is 0.866. The summed E-state index contributed by atoms with van der Waals surface area (Å²) in [5.41, 5.74) is 6.96. The molecule has 8 nitrogen and oxygen atoms in total. The summed E-state index contributed by atoms with van der Waals surface area (Å²) in [4.78, 5) is 21.2. The Bertz CT molecular complexity index is 1690. The van der Waals surface area contributed by atoms with Crippen molar-refractivity contribution >= 4 is 17.8 Å². The SMILES string of the molecule is O=C(NCc1ccccc1)NCc1ccccc1-c1ccc(C2OC(CSc3ncccn3)CC(c3ccc(CO)cc3)O2)cc1. The average molecular weight is 633 g/mol. The van der Waals surface area contributed by atoms with Gasteiger partial charge in [-0.05, 0) is 39.4 Å². The van der Waals surface area contributed by atoms with Crippen molar-refractivity contribution in [2.24, 2.45) is 0 Å². The van der Waals surface area contributed by atoms with E-state index in [0.29, 0.717) is 30.4 Å². The van der Waals surface area contributed by atoms with Gasteiger partial charge in [-0.3, -0.25) is 0 Å². The maximum absolute atomic E-state index is 12.5. The zero-order valence-electron chi connectivity index (χ0n) is 25.3. The molecule has 0 spiro atoms. The van der Waals surface area contributed by atoms with Gasteiger partial charge in [0, 0.05) is 43.2 Å². The Morgan fingerprint density at radius 1 is 0.761 bits per heavy atom. The van der Waals surface area contributed by atoms with Gasteiger partial charge in [0.1, 0.15) is 0 Å². The quantitative estimate of drug-likeness (QED) is 0.107. The molecule has 2 heterocycles. The minimum Gasteiger partial charge on any atom is -0.392 e. The van der Waals surface area contributed by atoms with E-state index in [1.54, 1.807) is 30.2 Å². The van der Waals surface area contributed by atoms with Gasteiger partial charge in [-0.2, -0.15) is 0 Å². The van der Waals surface area contributed by atoms with Crippen LogP contribution in [0.2, 0.25) is 0 Å². The molecule has 1 saturated heterocycles. The predicted molar refractivity (Wildman–Crippen MR) is 179 cm³/mol. The molecule has 4 aromatic carbocycles. The zero-order valence-corrected chi connectivity index (χ0v) is 26.1. The molecule has 0 aliphatic carbocycles. The maximum Gasteiger partial charge on any atom is 0.315 e. The number of carbonyl (C=O) groups excluding carboxylic acids is 1. The molecule has 5 aromatic rings. The fraction of sp³-hybridized carbons (Fsp3) is 0.216. The van der Waals surface area contributed by atoms with Crippen LogP contribution in [0.1, 0.15) is 46.6 Å². The number of hydrogen-bond donors (Lipinski definition) is 3. The van der Waals surface area contributed by atoms with E-state index in [2.05, 4.69) is 38.8 Å². The van der Waals surface area contributed by atoms with Crippen LogP contribution in [0.4, 0.5) is 4.79 Å². The number of nitrogens with one attached hydrogen (secondary N) is 2. The van der Waals surface area contributed by atoms with Crippen molar-refractivity contribution in [1.29, 1.82) is 0 Å². The Hall–Kier alpha value is -4.54. The third kappa shape index (κ3) is 8.38. The van der Waals surface area contributed by atoms with E-state index in [4.69, 9.17) is 9.47 Å². The van der Waals surface area contributed by atoms with E-state index in [0.717, 1.165) is 38.9 Å². The number of nitrogens with zero attached hydrogens (tertiary/aromatic N) is 2. The van der Waals surface area contributed by atoms with Gasteiger partial charge in [0.15, 0.2) is 11.4 Å². The molecule has 0 saturated carbocycles. The number of aliphatic hydroxyl groups is 1. The van der Waals surface area contributed by atoms with Gasteiger partial charge in [0.25, 0.3) is 0 Å². The van der Waals surface area contributed by atoms with Gasteiger partial charge in [0.2, 0.25) is 0 Å². The van der Waals surface area contributed by atoms with E-state index < -0.39 is 6.29 Å². The largest absolute Gasteiger partial charge is 0.392 e. The number of benzene rings is 4. The molecule has 2 amide bonds.